The van der Waals surface area contributed by atoms with Crippen molar-refractivity contribution in [3.63, 3.8) is 0 Å². The minimum absolute atomic E-state index is 0.139. The highest BCUT2D eigenvalue weighted by Crippen LogP contribution is 2.47. The van der Waals surface area contributed by atoms with Crippen LogP contribution < -0.4 is 0 Å². The Bertz CT molecular complexity index is 917. The first-order valence-electron chi connectivity index (χ1n) is 8.80. The molecule has 1 aliphatic heterocycles. The van der Waals surface area contributed by atoms with E-state index in [0.29, 0.717) is 21.1 Å². The van der Waals surface area contributed by atoms with E-state index in [-0.39, 0.29) is 5.78 Å². The zero-order valence-corrected chi connectivity index (χ0v) is 17.4. The summed E-state index contributed by atoms with van der Waals surface area (Å²) >= 11 is 7.10. The molecule has 0 spiro atoms. The number of hydrogen-bond donors (Lipinski definition) is 1. The molecule has 28 heavy (non-hydrogen) atoms. The third-order valence-corrected chi connectivity index (χ3v) is 6.54. The first kappa shape index (κ1) is 20.6. The second-order valence-electron chi connectivity index (χ2n) is 6.97. The average molecular weight is 417 g/mol. The Kier molecular flexibility index (Phi) is 5.98. The number of aryl methyl sites for hydroxylation is 1. The molecule has 1 heterocycles. The maximum atomic E-state index is 13.2. The topological polar surface area (TPSA) is 63.6 Å². The lowest BCUT2D eigenvalue weighted by molar-refractivity contribution is -0.135. The van der Waals surface area contributed by atoms with Crippen LogP contribution in [0.1, 0.15) is 28.4 Å². The number of rotatable bonds is 5. The van der Waals surface area contributed by atoms with Crippen LogP contribution in [0.4, 0.5) is 0 Å². The summed E-state index contributed by atoms with van der Waals surface area (Å²) in [5, 5.41) is 11.3. The van der Waals surface area contributed by atoms with Crippen LogP contribution in [0, 0.1) is 12.8 Å². The Morgan fingerprint density at radius 2 is 1.71 bits per heavy atom. The van der Waals surface area contributed by atoms with Gasteiger partial charge in [-0.15, -0.1) is 11.8 Å². The summed E-state index contributed by atoms with van der Waals surface area (Å²) in [5.41, 5.74) is 0.832. The lowest BCUT2D eigenvalue weighted by Crippen LogP contribution is -2.39. The summed E-state index contributed by atoms with van der Waals surface area (Å²) in [6.07, 6.45) is 1.64. The highest BCUT2D eigenvalue weighted by Gasteiger charge is 2.46. The van der Waals surface area contributed by atoms with Crippen LogP contribution in [-0.4, -0.2) is 29.2 Å². The first-order chi connectivity index (χ1) is 13.2. The zero-order valence-electron chi connectivity index (χ0n) is 15.8. The van der Waals surface area contributed by atoms with Crippen LogP contribution in [0.3, 0.4) is 0 Å². The van der Waals surface area contributed by atoms with Crippen LogP contribution in [0.25, 0.3) is 0 Å². The monoisotopic (exact) mass is 416 g/mol. The third-order valence-electron chi connectivity index (χ3n) is 4.97. The normalized spacial score (nSPS) is 21.0. The highest BCUT2D eigenvalue weighted by atomic mass is 35.5. The minimum atomic E-state index is -1.38. The molecule has 0 fully saturated rings. The van der Waals surface area contributed by atoms with Gasteiger partial charge in [-0.1, -0.05) is 59.6 Å². The van der Waals surface area contributed by atoms with Gasteiger partial charge in [-0.3, -0.25) is 4.79 Å². The number of carbonyl (C=O) groups excluding carboxylic acids is 2. The van der Waals surface area contributed by atoms with E-state index in [4.69, 9.17) is 16.3 Å². The Hall–Kier alpha value is -2.08. The lowest BCUT2D eigenvalue weighted by atomic mass is 9.79. The summed E-state index contributed by atoms with van der Waals surface area (Å²) in [5.74, 6) is -1.26. The molecule has 0 aliphatic carbocycles. The highest BCUT2D eigenvalue weighted by molar-refractivity contribution is 8.05. The summed E-state index contributed by atoms with van der Waals surface area (Å²) in [6, 6.07) is 14.1. The van der Waals surface area contributed by atoms with Crippen molar-refractivity contribution in [2.75, 3.05) is 7.11 Å². The molecule has 1 unspecified atom stereocenters. The van der Waals surface area contributed by atoms with Crippen molar-refractivity contribution >= 4 is 35.1 Å². The number of benzene rings is 2. The van der Waals surface area contributed by atoms with Crippen molar-refractivity contribution in [1.29, 1.82) is 0 Å². The number of esters is 1. The molecule has 0 saturated heterocycles. The quantitative estimate of drug-likeness (QED) is 0.573. The summed E-state index contributed by atoms with van der Waals surface area (Å²) in [7, 11) is 1.30. The third kappa shape index (κ3) is 4.02. The van der Waals surface area contributed by atoms with Crippen molar-refractivity contribution in [2.45, 2.75) is 24.7 Å². The number of hydrogen-bond acceptors (Lipinski definition) is 5. The minimum Gasteiger partial charge on any atom is -0.465 e. The van der Waals surface area contributed by atoms with E-state index in [1.807, 2.05) is 19.1 Å². The first-order valence-corrected chi connectivity index (χ1v) is 10.1. The number of ether oxygens (including phenoxy) is 1. The molecule has 6 heteroatoms. The molecule has 1 aliphatic rings. The van der Waals surface area contributed by atoms with Gasteiger partial charge in [-0.25, -0.2) is 4.79 Å². The van der Waals surface area contributed by atoms with Crippen LogP contribution in [-0.2, 0) is 15.1 Å². The fraction of sp³-hybridized carbons (Fsp3) is 0.273. The number of methoxy groups -OCH3 is 1. The van der Waals surface area contributed by atoms with Gasteiger partial charge in [-0.2, -0.15) is 0 Å². The summed E-state index contributed by atoms with van der Waals surface area (Å²) in [6.45, 7) is 3.59. The SMILES string of the molecule is COC(=O)C1=C[C@@H](C(C)(O)c2ccc(Cl)cc2)[C@H](C(=O)c2ccc(C)cc2)S1. The van der Waals surface area contributed by atoms with Crippen LogP contribution in [0.5, 0.6) is 0 Å². The number of thioether (sulfide) groups is 1. The predicted molar refractivity (Wildman–Crippen MR) is 112 cm³/mol. The predicted octanol–water partition coefficient (Wildman–Crippen LogP) is 4.53. The maximum absolute atomic E-state index is 13.2. The second-order valence-corrected chi connectivity index (χ2v) is 8.59. The molecule has 0 radical (unpaired) electrons. The van der Waals surface area contributed by atoms with E-state index in [2.05, 4.69) is 0 Å². The number of halogens is 1. The Morgan fingerprint density at radius 1 is 1.11 bits per heavy atom. The fourth-order valence-electron chi connectivity index (χ4n) is 3.25. The molecule has 146 valence electrons. The largest absolute Gasteiger partial charge is 0.465 e. The van der Waals surface area contributed by atoms with Gasteiger partial charge in [0.2, 0.25) is 0 Å². The number of carbonyl (C=O) groups is 2. The van der Waals surface area contributed by atoms with Crippen molar-refractivity contribution in [2.24, 2.45) is 5.92 Å². The maximum Gasteiger partial charge on any atom is 0.344 e. The summed E-state index contributed by atoms with van der Waals surface area (Å²) in [4.78, 5) is 25.6. The molecule has 2 aromatic rings. The van der Waals surface area contributed by atoms with Crippen LogP contribution >= 0.6 is 23.4 Å². The van der Waals surface area contributed by atoms with Crippen LogP contribution in [0.2, 0.25) is 5.02 Å². The van der Waals surface area contributed by atoms with E-state index < -0.39 is 22.7 Å². The van der Waals surface area contributed by atoms with E-state index in [9.17, 15) is 14.7 Å². The van der Waals surface area contributed by atoms with Crippen LogP contribution in [0.15, 0.2) is 59.5 Å². The average Bonchev–Trinajstić information content (AvgIpc) is 3.14. The molecule has 3 atom stereocenters. The summed E-state index contributed by atoms with van der Waals surface area (Å²) < 4.78 is 4.83. The van der Waals surface area contributed by atoms with Gasteiger partial charge in [-0.05, 0) is 31.5 Å². The number of Topliss-reactive ketones (excluding diaryl/α,β-unsaturated/α-hetero) is 1. The van der Waals surface area contributed by atoms with Gasteiger partial charge < -0.3 is 9.84 Å². The standard InChI is InChI=1S/C22H21ClO4S/c1-13-4-6-14(7-5-13)19(24)20-17(12-18(28-20)21(25)27-3)22(2,26)15-8-10-16(23)11-9-15/h4-12,17,20,26H,1-3H3/t17-,20-,22?/m1/s1. The Morgan fingerprint density at radius 3 is 2.29 bits per heavy atom. The fourth-order valence-corrected chi connectivity index (χ4v) is 4.79. The van der Waals surface area contributed by atoms with Gasteiger partial charge in [0.05, 0.1) is 22.9 Å². The molecular formula is C22H21ClO4S. The lowest BCUT2D eigenvalue weighted by Gasteiger charge is -2.33. The van der Waals surface area contributed by atoms with Gasteiger partial charge in [0.15, 0.2) is 5.78 Å². The van der Waals surface area contributed by atoms with Gasteiger partial charge in [0.1, 0.15) is 0 Å². The molecule has 1 N–H and O–H groups in total. The molecule has 4 nitrogen and oxygen atoms in total. The van der Waals surface area contributed by atoms with Crippen molar-refractivity contribution in [1.82, 2.24) is 0 Å². The molecule has 0 aromatic heterocycles. The molecule has 3 rings (SSSR count). The van der Waals surface area contributed by atoms with Crippen molar-refractivity contribution in [3.05, 3.63) is 81.2 Å². The van der Waals surface area contributed by atoms with Gasteiger partial charge in [0, 0.05) is 16.5 Å². The molecule has 0 bridgehead atoms. The zero-order chi connectivity index (χ0) is 20.5. The van der Waals surface area contributed by atoms with Gasteiger partial charge >= 0.3 is 5.97 Å². The van der Waals surface area contributed by atoms with E-state index in [1.54, 1.807) is 49.4 Å². The smallest absolute Gasteiger partial charge is 0.344 e. The molecular weight excluding hydrogens is 396 g/mol. The Balaban J connectivity index is 2.00. The van der Waals surface area contributed by atoms with Gasteiger partial charge in [0.25, 0.3) is 0 Å². The molecule has 0 saturated carbocycles. The molecule has 2 aromatic carbocycles. The Labute approximate surface area is 173 Å². The number of ketones is 1. The molecule has 0 amide bonds. The number of aliphatic hydroxyl groups is 1. The van der Waals surface area contributed by atoms with E-state index >= 15 is 0 Å². The van der Waals surface area contributed by atoms with E-state index in [1.165, 1.54) is 7.11 Å². The van der Waals surface area contributed by atoms with Crippen molar-refractivity contribution in [3.8, 4) is 0 Å². The van der Waals surface area contributed by atoms with Crippen molar-refractivity contribution < 1.29 is 19.4 Å². The second kappa shape index (κ2) is 8.11. The van der Waals surface area contributed by atoms with E-state index in [0.717, 1.165) is 17.3 Å².